The van der Waals surface area contributed by atoms with Crippen molar-refractivity contribution in [2.45, 2.75) is 52.5 Å². The average Bonchev–Trinajstić information content (AvgIpc) is 2.30. The molecule has 1 aromatic heterocycles. The summed E-state index contributed by atoms with van der Waals surface area (Å²) in [5.74, 6) is 0.983. The summed E-state index contributed by atoms with van der Waals surface area (Å²) in [4.78, 5) is 16.3. The van der Waals surface area contributed by atoms with Crippen LogP contribution in [-0.4, -0.2) is 23.4 Å². The van der Waals surface area contributed by atoms with Gasteiger partial charge in [-0.05, 0) is 34.1 Å². The van der Waals surface area contributed by atoms with Gasteiger partial charge in [0.15, 0.2) is 0 Å². The Morgan fingerprint density at radius 3 is 2.58 bits per heavy atom. The molecule has 0 saturated carbocycles. The lowest BCUT2D eigenvalue weighted by Gasteiger charge is -2.17. The van der Waals surface area contributed by atoms with Gasteiger partial charge in [-0.3, -0.25) is 9.78 Å². The molecule has 0 atom stereocenters. The van der Waals surface area contributed by atoms with Gasteiger partial charge < -0.3 is 10.5 Å². The number of ketones is 1. The van der Waals surface area contributed by atoms with Crippen molar-refractivity contribution in [3.63, 3.8) is 0 Å². The third kappa shape index (κ3) is 4.63. The fourth-order valence-corrected chi connectivity index (χ4v) is 1.99. The third-order valence-electron chi connectivity index (χ3n) is 3.16. The van der Waals surface area contributed by atoms with E-state index in [9.17, 15) is 4.79 Å². The Labute approximate surface area is 115 Å². The highest BCUT2D eigenvalue weighted by Gasteiger charge is 2.16. The molecule has 4 heteroatoms. The third-order valence-corrected chi connectivity index (χ3v) is 3.16. The maximum absolute atomic E-state index is 12.0. The number of nitrogens with zero attached hydrogens (tertiary/aromatic N) is 1. The number of rotatable bonds is 6. The van der Waals surface area contributed by atoms with E-state index in [0.29, 0.717) is 19.3 Å². The molecule has 0 aromatic carbocycles. The zero-order valence-electron chi connectivity index (χ0n) is 12.5. The first-order valence-electron chi connectivity index (χ1n) is 6.54. The quantitative estimate of drug-likeness (QED) is 0.856. The fourth-order valence-electron chi connectivity index (χ4n) is 1.99. The van der Waals surface area contributed by atoms with Gasteiger partial charge in [-0.1, -0.05) is 0 Å². The Balaban J connectivity index is 2.75. The largest absolute Gasteiger partial charge is 0.496 e. The highest BCUT2D eigenvalue weighted by atomic mass is 16.5. The van der Waals surface area contributed by atoms with E-state index in [-0.39, 0.29) is 11.3 Å². The summed E-state index contributed by atoms with van der Waals surface area (Å²) in [6, 6.07) is 0. The van der Waals surface area contributed by atoms with Crippen molar-refractivity contribution in [2.24, 2.45) is 5.73 Å². The first-order valence-corrected chi connectivity index (χ1v) is 6.54. The Kier molecular flexibility index (Phi) is 5.06. The number of aryl methyl sites for hydroxylation is 1. The predicted molar refractivity (Wildman–Crippen MR) is 76.5 cm³/mol. The fraction of sp³-hybridized carbons (Fsp3) is 0.600. The van der Waals surface area contributed by atoms with Crippen LogP contribution < -0.4 is 10.5 Å². The molecule has 0 aliphatic heterocycles. The van der Waals surface area contributed by atoms with Crippen LogP contribution in [0.25, 0.3) is 0 Å². The molecular weight excluding hydrogens is 240 g/mol. The van der Waals surface area contributed by atoms with Crippen molar-refractivity contribution in [1.82, 2.24) is 4.98 Å². The number of ether oxygens (including phenoxy) is 1. The van der Waals surface area contributed by atoms with Gasteiger partial charge in [0.25, 0.3) is 0 Å². The molecule has 2 N–H and O–H groups in total. The van der Waals surface area contributed by atoms with Crippen molar-refractivity contribution in [1.29, 1.82) is 0 Å². The van der Waals surface area contributed by atoms with E-state index >= 15 is 0 Å². The summed E-state index contributed by atoms with van der Waals surface area (Å²) in [6.07, 6.45) is 3.27. The molecule has 0 fully saturated rings. The standard InChI is InChI=1S/C15H24N2O2/c1-10-9-17-13(11(2)14(10)19-5)8-12(18)6-7-15(3,4)16/h9H,6-8,16H2,1-5H3. The Hall–Kier alpha value is -1.42. The number of hydrogen-bond donors (Lipinski definition) is 1. The second kappa shape index (κ2) is 6.15. The van der Waals surface area contributed by atoms with Crippen LogP contribution >= 0.6 is 0 Å². The molecule has 0 radical (unpaired) electrons. The van der Waals surface area contributed by atoms with Gasteiger partial charge in [0.1, 0.15) is 11.5 Å². The normalized spacial score (nSPS) is 11.5. The number of carbonyl (C=O) groups excluding carboxylic acids is 1. The van der Waals surface area contributed by atoms with Crippen LogP contribution in [0, 0.1) is 13.8 Å². The maximum atomic E-state index is 12.0. The van der Waals surface area contributed by atoms with Gasteiger partial charge in [0.05, 0.1) is 12.8 Å². The molecule has 0 saturated heterocycles. The lowest BCUT2D eigenvalue weighted by Crippen LogP contribution is -2.32. The summed E-state index contributed by atoms with van der Waals surface area (Å²) in [7, 11) is 1.64. The Morgan fingerprint density at radius 2 is 2.05 bits per heavy atom. The number of methoxy groups -OCH3 is 1. The molecule has 106 valence electrons. The number of carbonyl (C=O) groups is 1. The van der Waals surface area contributed by atoms with Crippen molar-refractivity contribution < 1.29 is 9.53 Å². The Bertz CT molecular complexity index is 462. The monoisotopic (exact) mass is 264 g/mol. The van der Waals surface area contributed by atoms with E-state index in [0.717, 1.165) is 22.6 Å². The van der Waals surface area contributed by atoms with Crippen LogP contribution in [-0.2, 0) is 11.2 Å². The highest BCUT2D eigenvalue weighted by molar-refractivity contribution is 5.81. The van der Waals surface area contributed by atoms with Crippen LogP contribution in [0.4, 0.5) is 0 Å². The lowest BCUT2D eigenvalue weighted by molar-refractivity contribution is -0.118. The van der Waals surface area contributed by atoms with Crippen molar-refractivity contribution in [3.05, 3.63) is 23.0 Å². The zero-order valence-corrected chi connectivity index (χ0v) is 12.5. The summed E-state index contributed by atoms with van der Waals surface area (Å²) in [5.41, 5.74) is 8.31. The number of Topliss-reactive ketones (excluding diaryl/α,β-unsaturated/α-hetero) is 1. The topological polar surface area (TPSA) is 65.2 Å². The molecule has 19 heavy (non-hydrogen) atoms. The van der Waals surface area contributed by atoms with Gasteiger partial charge in [-0.2, -0.15) is 0 Å². The van der Waals surface area contributed by atoms with E-state index in [1.54, 1.807) is 13.3 Å². The molecule has 1 aromatic rings. The molecule has 1 rings (SSSR count). The first-order chi connectivity index (χ1) is 8.74. The molecular formula is C15H24N2O2. The van der Waals surface area contributed by atoms with Crippen molar-refractivity contribution >= 4 is 5.78 Å². The van der Waals surface area contributed by atoms with Crippen molar-refractivity contribution in [2.75, 3.05) is 7.11 Å². The van der Waals surface area contributed by atoms with Crippen LogP contribution in [0.5, 0.6) is 5.75 Å². The second-order valence-electron chi connectivity index (χ2n) is 5.75. The van der Waals surface area contributed by atoms with E-state index < -0.39 is 0 Å². The number of hydrogen-bond acceptors (Lipinski definition) is 4. The maximum Gasteiger partial charge on any atom is 0.138 e. The van der Waals surface area contributed by atoms with E-state index in [1.807, 2.05) is 27.7 Å². The summed E-state index contributed by atoms with van der Waals surface area (Å²) < 4.78 is 5.34. The van der Waals surface area contributed by atoms with Crippen molar-refractivity contribution in [3.8, 4) is 5.75 Å². The minimum absolute atomic E-state index is 0.167. The van der Waals surface area contributed by atoms with Crippen LogP contribution in [0.2, 0.25) is 0 Å². The summed E-state index contributed by atoms with van der Waals surface area (Å²) >= 11 is 0. The Morgan fingerprint density at radius 1 is 1.42 bits per heavy atom. The zero-order chi connectivity index (χ0) is 14.6. The SMILES string of the molecule is COc1c(C)cnc(CC(=O)CCC(C)(C)N)c1C. The van der Waals surface area contributed by atoms with E-state index in [1.165, 1.54) is 0 Å². The summed E-state index contributed by atoms with van der Waals surface area (Å²) in [5, 5.41) is 0. The van der Waals surface area contributed by atoms with Crippen LogP contribution in [0.3, 0.4) is 0 Å². The van der Waals surface area contributed by atoms with E-state index in [4.69, 9.17) is 10.5 Å². The molecule has 4 nitrogen and oxygen atoms in total. The van der Waals surface area contributed by atoms with Crippen LogP contribution in [0.1, 0.15) is 43.5 Å². The smallest absolute Gasteiger partial charge is 0.138 e. The number of nitrogens with two attached hydrogens (primary N) is 1. The van der Waals surface area contributed by atoms with Gasteiger partial charge in [0.2, 0.25) is 0 Å². The predicted octanol–water partition coefficient (Wildman–Crippen LogP) is 2.34. The molecule has 0 bridgehead atoms. The lowest BCUT2D eigenvalue weighted by atomic mass is 9.96. The minimum atomic E-state index is -0.302. The molecule has 1 heterocycles. The van der Waals surface area contributed by atoms with Gasteiger partial charge in [-0.15, -0.1) is 0 Å². The van der Waals surface area contributed by atoms with Gasteiger partial charge >= 0.3 is 0 Å². The highest BCUT2D eigenvalue weighted by Crippen LogP contribution is 2.24. The molecule has 0 aliphatic rings. The minimum Gasteiger partial charge on any atom is -0.496 e. The van der Waals surface area contributed by atoms with Gasteiger partial charge in [0, 0.05) is 35.7 Å². The second-order valence-corrected chi connectivity index (χ2v) is 5.75. The number of aromatic nitrogens is 1. The van der Waals surface area contributed by atoms with Gasteiger partial charge in [-0.25, -0.2) is 0 Å². The molecule has 0 amide bonds. The van der Waals surface area contributed by atoms with Crippen LogP contribution in [0.15, 0.2) is 6.20 Å². The van der Waals surface area contributed by atoms with E-state index in [2.05, 4.69) is 4.98 Å². The molecule has 0 unspecified atom stereocenters. The summed E-state index contributed by atoms with van der Waals surface area (Å²) in [6.45, 7) is 7.74. The number of pyridine rings is 1. The molecule has 0 aliphatic carbocycles. The average molecular weight is 264 g/mol. The molecule has 0 spiro atoms. The first kappa shape index (κ1) is 15.6.